The summed E-state index contributed by atoms with van der Waals surface area (Å²) in [5, 5.41) is 4.96. The zero-order chi connectivity index (χ0) is 10.7. The lowest BCUT2D eigenvalue weighted by Gasteiger charge is -1.94. The Morgan fingerprint density at radius 3 is 3.00 bits per heavy atom. The van der Waals surface area contributed by atoms with Gasteiger partial charge in [-0.15, -0.1) is 5.10 Å². The maximum atomic E-state index is 5.89. The molecule has 0 aliphatic carbocycles. The number of hydrogen-bond donors (Lipinski definition) is 0. The fourth-order valence-corrected chi connectivity index (χ4v) is 1.45. The van der Waals surface area contributed by atoms with E-state index in [1.165, 1.54) is 0 Å². The highest BCUT2D eigenvalue weighted by atomic mass is 35.5. The van der Waals surface area contributed by atoms with Crippen LogP contribution in [-0.4, -0.2) is 14.8 Å². The molecule has 0 radical (unpaired) electrons. The van der Waals surface area contributed by atoms with Crippen molar-refractivity contribution in [3.8, 4) is 11.4 Å². The summed E-state index contributed by atoms with van der Waals surface area (Å²) >= 11 is 5.89. The molecule has 0 bridgehead atoms. The first-order valence-corrected chi connectivity index (χ1v) is 4.97. The van der Waals surface area contributed by atoms with Gasteiger partial charge in [-0.3, -0.25) is 0 Å². The number of rotatable bonds is 2. The van der Waals surface area contributed by atoms with E-state index in [9.17, 15) is 0 Å². The standard InChI is InChI=1S/C11H10ClN3/c1-2-6-15-8-13-11(14-15)9-4-3-5-10(12)7-9/h2-8H,1H3/b6-2-. The van der Waals surface area contributed by atoms with E-state index in [0.29, 0.717) is 10.8 Å². The van der Waals surface area contributed by atoms with Crippen LogP contribution >= 0.6 is 11.6 Å². The number of nitrogens with zero attached hydrogens (tertiary/aromatic N) is 3. The first-order valence-electron chi connectivity index (χ1n) is 4.59. The molecule has 1 aromatic heterocycles. The molecule has 4 heteroatoms. The Kier molecular flexibility index (Phi) is 2.83. The Labute approximate surface area is 93.0 Å². The van der Waals surface area contributed by atoms with Crippen molar-refractivity contribution in [3.63, 3.8) is 0 Å². The van der Waals surface area contributed by atoms with E-state index in [1.54, 1.807) is 11.0 Å². The van der Waals surface area contributed by atoms with Crippen molar-refractivity contribution in [2.75, 3.05) is 0 Å². The summed E-state index contributed by atoms with van der Waals surface area (Å²) in [5.74, 6) is 0.676. The zero-order valence-corrected chi connectivity index (χ0v) is 9.02. The average Bonchev–Trinajstić information content (AvgIpc) is 2.67. The van der Waals surface area contributed by atoms with Crippen LogP contribution in [0.2, 0.25) is 5.02 Å². The van der Waals surface area contributed by atoms with Gasteiger partial charge in [0.15, 0.2) is 5.82 Å². The van der Waals surface area contributed by atoms with Gasteiger partial charge >= 0.3 is 0 Å². The van der Waals surface area contributed by atoms with Crippen molar-refractivity contribution in [3.05, 3.63) is 41.7 Å². The Balaban J connectivity index is 2.37. The van der Waals surface area contributed by atoms with Gasteiger partial charge in [-0.25, -0.2) is 9.67 Å². The molecular formula is C11H10ClN3. The van der Waals surface area contributed by atoms with Gasteiger partial charge in [-0.1, -0.05) is 29.8 Å². The zero-order valence-electron chi connectivity index (χ0n) is 8.26. The summed E-state index contributed by atoms with van der Waals surface area (Å²) < 4.78 is 1.66. The second-order valence-electron chi connectivity index (χ2n) is 3.04. The Bertz CT molecular complexity index is 488. The third-order valence-corrected chi connectivity index (χ3v) is 2.13. The van der Waals surface area contributed by atoms with Crippen LogP contribution in [0.1, 0.15) is 6.92 Å². The summed E-state index contributed by atoms with van der Waals surface area (Å²) in [4.78, 5) is 4.19. The largest absolute Gasteiger partial charge is 0.228 e. The van der Waals surface area contributed by atoms with Crippen molar-refractivity contribution in [2.24, 2.45) is 0 Å². The van der Waals surface area contributed by atoms with Crippen LogP contribution in [-0.2, 0) is 0 Å². The minimum atomic E-state index is 0.676. The SMILES string of the molecule is C/C=C\n1cnc(-c2cccc(Cl)c2)n1. The third kappa shape index (κ3) is 2.25. The molecule has 2 aromatic rings. The molecule has 0 unspecified atom stereocenters. The lowest BCUT2D eigenvalue weighted by atomic mass is 10.2. The van der Waals surface area contributed by atoms with E-state index in [0.717, 1.165) is 5.56 Å². The molecule has 0 atom stereocenters. The lowest BCUT2D eigenvalue weighted by Crippen LogP contribution is -1.86. The molecule has 0 saturated heterocycles. The fourth-order valence-electron chi connectivity index (χ4n) is 1.26. The van der Waals surface area contributed by atoms with Crippen LogP contribution in [0.5, 0.6) is 0 Å². The third-order valence-electron chi connectivity index (χ3n) is 1.89. The van der Waals surface area contributed by atoms with E-state index in [-0.39, 0.29) is 0 Å². The molecule has 76 valence electrons. The molecule has 1 heterocycles. The molecule has 0 aliphatic heterocycles. The summed E-state index contributed by atoms with van der Waals surface area (Å²) in [5.41, 5.74) is 0.922. The van der Waals surface area contributed by atoms with Crippen LogP contribution < -0.4 is 0 Å². The number of aromatic nitrogens is 3. The van der Waals surface area contributed by atoms with Gasteiger partial charge in [0, 0.05) is 16.8 Å². The monoisotopic (exact) mass is 219 g/mol. The normalized spacial score (nSPS) is 11.1. The van der Waals surface area contributed by atoms with Crippen LogP contribution in [0.4, 0.5) is 0 Å². The van der Waals surface area contributed by atoms with Crippen molar-refractivity contribution in [1.29, 1.82) is 0 Å². The first kappa shape index (κ1) is 9.93. The second-order valence-corrected chi connectivity index (χ2v) is 3.48. The average molecular weight is 220 g/mol. The summed E-state index contributed by atoms with van der Waals surface area (Å²) in [6, 6.07) is 7.49. The minimum absolute atomic E-state index is 0.676. The van der Waals surface area contributed by atoms with Crippen LogP contribution in [0, 0.1) is 0 Å². The van der Waals surface area contributed by atoms with Crippen molar-refractivity contribution >= 4 is 17.8 Å². The van der Waals surface area contributed by atoms with Gasteiger partial charge < -0.3 is 0 Å². The minimum Gasteiger partial charge on any atom is -0.228 e. The number of halogens is 1. The van der Waals surface area contributed by atoms with Gasteiger partial charge in [-0.05, 0) is 19.1 Å². The van der Waals surface area contributed by atoms with Gasteiger partial charge in [0.25, 0.3) is 0 Å². The summed E-state index contributed by atoms with van der Waals surface area (Å²) in [6.07, 6.45) is 5.40. The number of hydrogen-bond acceptors (Lipinski definition) is 2. The van der Waals surface area contributed by atoms with Gasteiger partial charge in [0.2, 0.25) is 0 Å². The molecule has 0 fully saturated rings. The number of benzene rings is 1. The molecule has 15 heavy (non-hydrogen) atoms. The van der Waals surface area contributed by atoms with Gasteiger partial charge in [0.1, 0.15) is 6.33 Å². The van der Waals surface area contributed by atoms with Crippen molar-refractivity contribution in [1.82, 2.24) is 14.8 Å². The lowest BCUT2D eigenvalue weighted by molar-refractivity contribution is 0.936. The maximum Gasteiger partial charge on any atom is 0.181 e. The Hall–Kier alpha value is -1.61. The molecule has 1 aromatic carbocycles. The van der Waals surface area contributed by atoms with Crippen LogP contribution in [0.15, 0.2) is 36.7 Å². The van der Waals surface area contributed by atoms with Gasteiger partial charge in [0.05, 0.1) is 0 Å². The summed E-state index contributed by atoms with van der Waals surface area (Å²) in [7, 11) is 0. The van der Waals surface area contributed by atoms with Crippen molar-refractivity contribution < 1.29 is 0 Å². The van der Waals surface area contributed by atoms with Crippen LogP contribution in [0.25, 0.3) is 17.6 Å². The molecule has 0 N–H and O–H groups in total. The molecule has 3 nitrogen and oxygen atoms in total. The first-order chi connectivity index (χ1) is 7.29. The topological polar surface area (TPSA) is 30.7 Å². The summed E-state index contributed by atoms with van der Waals surface area (Å²) in [6.45, 7) is 1.93. The van der Waals surface area contributed by atoms with Crippen molar-refractivity contribution in [2.45, 2.75) is 6.92 Å². The molecule has 0 aliphatic rings. The smallest absolute Gasteiger partial charge is 0.181 e. The van der Waals surface area contributed by atoms with E-state index >= 15 is 0 Å². The maximum absolute atomic E-state index is 5.89. The molecule has 0 amide bonds. The van der Waals surface area contributed by atoms with E-state index in [2.05, 4.69) is 10.1 Å². The Morgan fingerprint density at radius 1 is 1.40 bits per heavy atom. The molecule has 0 saturated carbocycles. The highest BCUT2D eigenvalue weighted by Crippen LogP contribution is 2.18. The fraction of sp³-hybridized carbons (Fsp3) is 0.0909. The molecule has 0 spiro atoms. The number of allylic oxidation sites excluding steroid dienone is 1. The van der Waals surface area contributed by atoms with Crippen LogP contribution in [0.3, 0.4) is 0 Å². The quantitative estimate of drug-likeness (QED) is 0.777. The predicted octanol–water partition coefficient (Wildman–Crippen LogP) is 3.09. The Morgan fingerprint density at radius 2 is 2.27 bits per heavy atom. The molecule has 2 rings (SSSR count). The highest BCUT2D eigenvalue weighted by molar-refractivity contribution is 6.30. The second kappa shape index (κ2) is 4.28. The van der Waals surface area contributed by atoms with E-state index < -0.39 is 0 Å². The predicted molar refractivity (Wildman–Crippen MR) is 61.5 cm³/mol. The van der Waals surface area contributed by atoms with E-state index in [1.807, 2.05) is 43.5 Å². The van der Waals surface area contributed by atoms with Gasteiger partial charge in [-0.2, -0.15) is 0 Å². The van der Waals surface area contributed by atoms with E-state index in [4.69, 9.17) is 11.6 Å². The molecular weight excluding hydrogens is 210 g/mol. The highest BCUT2D eigenvalue weighted by Gasteiger charge is 2.02.